The van der Waals surface area contributed by atoms with Crippen molar-refractivity contribution in [1.29, 1.82) is 0 Å². The second-order valence-corrected chi connectivity index (χ2v) is 6.24. The van der Waals surface area contributed by atoms with Gasteiger partial charge in [0, 0.05) is 28.0 Å². The summed E-state index contributed by atoms with van der Waals surface area (Å²) in [5.41, 5.74) is 2.71. The summed E-state index contributed by atoms with van der Waals surface area (Å²) in [5.74, 6) is 6.78. The minimum atomic E-state index is 0.109. The zero-order valence-electron chi connectivity index (χ0n) is 11.2. The van der Waals surface area contributed by atoms with Crippen molar-refractivity contribution in [3.8, 4) is 11.8 Å². The predicted molar refractivity (Wildman–Crippen MR) is 86.5 cm³/mol. The molecule has 1 aromatic carbocycles. The molecule has 0 aliphatic heterocycles. The molecule has 106 valence electrons. The van der Waals surface area contributed by atoms with Crippen molar-refractivity contribution in [3.63, 3.8) is 0 Å². The Morgan fingerprint density at radius 1 is 1.33 bits per heavy atom. The molecule has 1 N–H and O–H groups in total. The minimum Gasteiger partial charge on any atom is -0.431 e. The zero-order valence-corrected chi connectivity index (χ0v) is 12.8. The predicted octanol–water partition coefficient (Wildman–Crippen LogP) is 3.92. The Hall–Kier alpha value is -1.74. The topological polar surface area (TPSA) is 46.3 Å². The highest BCUT2D eigenvalue weighted by atomic mass is 32.2. The number of hydrogen-bond donors (Lipinski definition) is 1. The van der Waals surface area contributed by atoms with Gasteiger partial charge in [-0.2, -0.15) is 0 Å². The van der Waals surface area contributed by atoms with Crippen LogP contribution in [0.2, 0.25) is 0 Å². The number of para-hydroxylation sites is 2. The van der Waals surface area contributed by atoms with Gasteiger partial charge in [0.15, 0.2) is 5.58 Å². The number of thioether (sulfide) groups is 1. The van der Waals surface area contributed by atoms with E-state index in [-0.39, 0.29) is 6.61 Å². The van der Waals surface area contributed by atoms with Crippen LogP contribution in [0.5, 0.6) is 0 Å². The molecule has 3 rings (SSSR count). The fourth-order valence-electron chi connectivity index (χ4n) is 1.79. The summed E-state index contributed by atoms with van der Waals surface area (Å²) in [6.07, 6.45) is 0.517. The molecule has 3 aromatic rings. The Labute approximate surface area is 131 Å². The van der Waals surface area contributed by atoms with Gasteiger partial charge in [0.2, 0.25) is 0 Å². The van der Waals surface area contributed by atoms with Gasteiger partial charge in [0.05, 0.1) is 6.61 Å². The van der Waals surface area contributed by atoms with Crippen molar-refractivity contribution in [2.75, 3.05) is 6.61 Å². The first-order valence-electron chi connectivity index (χ1n) is 6.50. The van der Waals surface area contributed by atoms with E-state index in [1.165, 1.54) is 4.88 Å². The van der Waals surface area contributed by atoms with Crippen LogP contribution in [0.15, 0.2) is 45.4 Å². The summed E-state index contributed by atoms with van der Waals surface area (Å²) in [5, 5.41) is 11.4. The first kappa shape index (κ1) is 14.2. The molecule has 2 heterocycles. The maximum Gasteiger partial charge on any atom is 0.257 e. The SMILES string of the molecule is OCCC#Cc1csc(CSc2nc3ccccc3o2)c1. The van der Waals surface area contributed by atoms with E-state index in [4.69, 9.17) is 9.52 Å². The van der Waals surface area contributed by atoms with Gasteiger partial charge >= 0.3 is 0 Å². The van der Waals surface area contributed by atoms with E-state index in [1.54, 1.807) is 23.1 Å². The molecule has 0 amide bonds. The minimum absolute atomic E-state index is 0.109. The van der Waals surface area contributed by atoms with Gasteiger partial charge in [-0.3, -0.25) is 0 Å². The number of oxazole rings is 1. The third-order valence-electron chi connectivity index (χ3n) is 2.74. The highest BCUT2D eigenvalue weighted by Gasteiger charge is 2.06. The first-order chi connectivity index (χ1) is 10.3. The van der Waals surface area contributed by atoms with Crippen LogP contribution in [0.4, 0.5) is 0 Å². The number of aliphatic hydroxyl groups is 1. The summed E-state index contributed by atoms with van der Waals surface area (Å²) in [6, 6.07) is 9.84. The van der Waals surface area contributed by atoms with Gasteiger partial charge in [0.25, 0.3) is 5.22 Å². The van der Waals surface area contributed by atoms with E-state index in [9.17, 15) is 0 Å². The molecule has 0 aliphatic rings. The van der Waals surface area contributed by atoms with Crippen LogP contribution >= 0.6 is 23.1 Å². The first-order valence-corrected chi connectivity index (χ1v) is 8.37. The van der Waals surface area contributed by atoms with Crippen LogP contribution in [0.3, 0.4) is 0 Å². The van der Waals surface area contributed by atoms with Gasteiger partial charge < -0.3 is 9.52 Å². The molecule has 2 aromatic heterocycles. The molecule has 0 atom stereocenters. The van der Waals surface area contributed by atoms with Crippen LogP contribution in [0.1, 0.15) is 16.9 Å². The van der Waals surface area contributed by atoms with Gasteiger partial charge in [0.1, 0.15) is 5.52 Å². The van der Waals surface area contributed by atoms with E-state index in [0.717, 1.165) is 22.4 Å². The standard InChI is InChI=1S/C16H13NO2S2/c18-8-4-3-5-12-9-13(20-10-12)11-21-16-17-14-6-1-2-7-15(14)19-16/h1-2,6-7,9-10,18H,4,8,11H2. The van der Waals surface area contributed by atoms with Crippen molar-refractivity contribution < 1.29 is 9.52 Å². The van der Waals surface area contributed by atoms with E-state index >= 15 is 0 Å². The summed E-state index contributed by atoms with van der Waals surface area (Å²) in [6.45, 7) is 0.109. The Morgan fingerprint density at radius 2 is 2.24 bits per heavy atom. The van der Waals surface area contributed by atoms with E-state index < -0.39 is 0 Å². The molecule has 0 saturated carbocycles. The van der Waals surface area contributed by atoms with Crippen LogP contribution < -0.4 is 0 Å². The largest absolute Gasteiger partial charge is 0.431 e. The molecule has 0 aliphatic carbocycles. The zero-order chi connectivity index (χ0) is 14.5. The Bertz CT molecular complexity index is 762. The van der Waals surface area contributed by atoms with Crippen LogP contribution in [0.25, 0.3) is 11.1 Å². The Morgan fingerprint density at radius 3 is 3.10 bits per heavy atom. The average molecular weight is 315 g/mol. The maximum absolute atomic E-state index is 8.70. The third-order valence-corrected chi connectivity index (χ3v) is 4.73. The number of benzene rings is 1. The van der Waals surface area contributed by atoms with Crippen molar-refractivity contribution in [2.45, 2.75) is 17.4 Å². The second kappa shape index (κ2) is 6.81. The van der Waals surface area contributed by atoms with Gasteiger partial charge in [-0.1, -0.05) is 35.7 Å². The molecule has 0 unspecified atom stereocenters. The quantitative estimate of drug-likeness (QED) is 0.585. The fourth-order valence-corrected chi connectivity index (χ4v) is 3.50. The smallest absolute Gasteiger partial charge is 0.257 e. The molecule has 0 bridgehead atoms. The Kier molecular flexibility index (Phi) is 4.61. The molecule has 0 fully saturated rings. The van der Waals surface area contributed by atoms with Gasteiger partial charge in [-0.05, 0) is 18.2 Å². The second-order valence-electron chi connectivity index (χ2n) is 4.31. The molecular formula is C16H13NO2S2. The van der Waals surface area contributed by atoms with Gasteiger partial charge in [-0.15, -0.1) is 11.3 Å². The Balaban J connectivity index is 1.63. The number of fused-ring (bicyclic) bond motifs is 1. The number of aromatic nitrogens is 1. The number of rotatable bonds is 4. The molecule has 0 saturated heterocycles. The van der Waals surface area contributed by atoms with Crippen molar-refractivity contribution in [3.05, 3.63) is 46.2 Å². The van der Waals surface area contributed by atoms with Gasteiger partial charge in [-0.25, -0.2) is 4.98 Å². The number of hydrogen-bond acceptors (Lipinski definition) is 5. The monoisotopic (exact) mass is 315 g/mol. The highest BCUT2D eigenvalue weighted by Crippen LogP contribution is 2.28. The lowest BCUT2D eigenvalue weighted by molar-refractivity contribution is 0.305. The van der Waals surface area contributed by atoms with E-state index in [0.29, 0.717) is 11.6 Å². The average Bonchev–Trinajstić information content (AvgIpc) is 3.11. The van der Waals surface area contributed by atoms with E-state index in [1.807, 2.05) is 29.6 Å². The summed E-state index contributed by atoms with van der Waals surface area (Å²) in [7, 11) is 0. The van der Waals surface area contributed by atoms with Crippen LogP contribution in [0, 0.1) is 11.8 Å². The normalized spacial score (nSPS) is 10.5. The molecular weight excluding hydrogens is 302 g/mol. The molecule has 5 heteroatoms. The lowest BCUT2D eigenvalue weighted by Gasteiger charge is -1.91. The number of aliphatic hydroxyl groups excluding tert-OH is 1. The lowest BCUT2D eigenvalue weighted by Crippen LogP contribution is -1.76. The van der Waals surface area contributed by atoms with E-state index in [2.05, 4.69) is 22.9 Å². The molecule has 0 radical (unpaired) electrons. The summed E-state index contributed by atoms with van der Waals surface area (Å²) >= 11 is 3.26. The number of thiophene rings is 1. The summed E-state index contributed by atoms with van der Waals surface area (Å²) in [4.78, 5) is 5.67. The van der Waals surface area contributed by atoms with Crippen molar-refractivity contribution in [2.24, 2.45) is 0 Å². The van der Waals surface area contributed by atoms with Crippen molar-refractivity contribution >= 4 is 34.2 Å². The van der Waals surface area contributed by atoms with Crippen LogP contribution in [-0.4, -0.2) is 16.7 Å². The summed E-state index contributed by atoms with van der Waals surface area (Å²) < 4.78 is 5.68. The third kappa shape index (κ3) is 3.67. The molecule has 21 heavy (non-hydrogen) atoms. The molecule has 3 nitrogen and oxygen atoms in total. The highest BCUT2D eigenvalue weighted by molar-refractivity contribution is 7.98. The van der Waals surface area contributed by atoms with Crippen LogP contribution in [-0.2, 0) is 5.75 Å². The maximum atomic E-state index is 8.70. The number of nitrogens with zero attached hydrogens (tertiary/aromatic N) is 1. The molecule has 0 spiro atoms. The van der Waals surface area contributed by atoms with Crippen molar-refractivity contribution in [1.82, 2.24) is 4.98 Å². The fraction of sp³-hybridized carbons (Fsp3) is 0.188. The lowest BCUT2D eigenvalue weighted by atomic mass is 10.3.